The number of likely N-dealkylation sites (tertiary alicyclic amines) is 1. The Hall–Kier alpha value is -1.14. The normalized spacial score (nSPS) is 29.0. The highest BCUT2D eigenvalue weighted by Gasteiger charge is 2.53. The maximum absolute atomic E-state index is 12.8. The fourth-order valence-corrected chi connectivity index (χ4v) is 3.78. The zero-order chi connectivity index (χ0) is 14.9. The second-order valence-corrected chi connectivity index (χ2v) is 6.36. The minimum absolute atomic E-state index is 0.0452. The van der Waals surface area contributed by atoms with Crippen molar-refractivity contribution in [3.8, 4) is 0 Å². The van der Waals surface area contributed by atoms with E-state index in [1.807, 2.05) is 4.90 Å². The number of nitrogens with zero attached hydrogens (tertiary/aromatic N) is 2. The van der Waals surface area contributed by atoms with Crippen molar-refractivity contribution in [2.45, 2.75) is 31.7 Å². The molecule has 1 N–H and O–H groups in total. The molecule has 2 aliphatic heterocycles. The lowest BCUT2D eigenvalue weighted by Crippen LogP contribution is -2.56. The minimum atomic E-state index is -0.769. The molecule has 1 saturated carbocycles. The van der Waals surface area contributed by atoms with Crippen LogP contribution >= 0.6 is 0 Å². The van der Waals surface area contributed by atoms with Gasteiger partial charge in [-0.25, -0.2) is 0 Å². The predicted molar refractivity (Wildman–Crippen MR) is 77.7 cm³/mol. The van der Waals surface area contributed by atoms with E-state index in [0.717, 1.165) is 52.2 Å². The van der Waals surface area contributed by atoms with Crippen molar-refractivity contribution in [3.05, 3.63) is 0 Å². The average Bonchev–Trinajstić information content (AvgIpc) is 2.96. The summed E-state index contributed by atoms with van der Waals surface area (Å²) in [6.07, 6.45) is 3.38. The third-order valence-corrected chi connectivity index (χ3v) is 5.29. The van der Waals surface area contributed by atoms with E-state index < -0.39 is 5.41 Å². The second-order valence-electron chi connectivity index (χ2n) is 6.36. The largest absolute Gasteiger partial charge is 0.379 e. The van der Waals surface area contributed by atoms with Gasteiger partial charge in [0.2, 0.25) is 11.8 Å². The number of hydrogen-bond donors (Lipinski definition) is 1. The van der Waals surface area contributed by atoms with Gasteiger partial charge < -0.3 is 15.0 Å². The molecule has 2 amide bonds. The molecule has 2 saturated heterocycles. The molecule has 0 aromatic heterocycles. The van der Waals surface area contributed by atoms with Crippen molar-refractivity contribution in [3.63, 3.8) is 0 Å². The van der Waals surface area contributed by atoms with Crippen LogP contribution < -0.4 is 5.32 Å². The van der Waals surface area contributed by atoms with Gasteiger partial charge in [0.15, 0.2) is 0 Å². The molecule has 3 fully saturated rings. The molecule has 0 spiro atoms. The molecule has 6 heteroatoms. The van der Waals surface area contributed by atoms with Crippen molar-refractivity contribution < 1.29 is 14.3 Å². The molecule has 0 bridgehead atoms. The fourth-order valence-electron chi connectivity index (χ4n) is 3.78. The van der Waals surface area contributed by atoms with Crippen LogP contribution in [-0.4, -0.2) is 74.1 Å². The molecule has 0 aromatic carbocycles. The number of rotatable bonds is 3. The summed E-state index contributed by atoms with van der Waals surface area (Å²) in [6.45, 7) is 5.01. The molecule has 1 atom stereocenters. The summed E-state index contributed by atoms with van der Waals surface area (Å²) < 4.78 is 5.39. The zero-order valence-electron chi connectivity index (χ0n) is 12.8. The standard InChI is InChI=1S/C15H25N3O3/c1-16-13(19)15(4-2-5-15)14(20)18-6-3-12(11-18)17-7-9-21-10-8-17/h12H,2-11H2,1H3,(H,16,19). The van der Waals surface area contributed by atoms with E-state index in [9.17, 15) is 9.59 Å². The van der Waals surface area contributed by atoms with Crippen LogP contribution in [0.15, 0.2) is 0 Å². The number of ether oxygens (including phenoxy) is 1. The first-order chi connectivity index (χ1) is 10.2. The lowest BCUT2D eigenvalue weighted by molar-refractivity contribution is -0.156. The Morgan fingerprint density at radius 3 is 2.48 bits per heavy atom. The van der Waals surface area contributed by atoms with E-state index in [2.05, 4.69) is 10.2 Å². The maximum Gasteiger partial charge on any atom is 0.238 e. The Morgan fingerprint density at radius 1 is 1.19 bits per heavy atom. The number of carbonyl (C=O) groups excluding carboxylic acids is 2. The molecule has 1 aliphatic carbocycles. The summed E-state index contributed by atoms with van der Waals surface area (Å²) >= 11 is 0. The van der Waals surface area contributed by atoms with Crippen molar-refractivity contribution in [2.75, 3.05) is 46.4 Å². The van der Waals surface area contributed by atoms with Gasteiger partial charge in [0, 0.05) is 39.3 Å². The number of morpholine rings is 1. The predicted octanol–water partition coefficient (Wildman–Crippen LogP) is -0.164. The SMILES string of the molecule is CNC(=O)C1(C(=O)N2CCC(N3CCOCC3)C2)CCC1. The number of nitrogens with one attached hydrogen (secondary N) is 1. The van der Waals surface area contributed by atoms with Crippen LogP contribution in [0.2, 0.25) is 0 Å². The van der Waals surface area contributed by atoms with Crippen molar-refractivity contribution >= 4 is 11.8 Å². The smallest absolute Gasteiger partial charge is 0.238 e. The third-order valence-electron chi connectivity index (χ3n) is 5.29. The first kappa shape index (κ1) is 14.8. The van der Waals surface area contributed by atoms with Crippen LogP contribution in [0.3, 0.4) is 0 Å². The molecule has 3 rings (SSSR count). The van der Waals surface area contributed by atoms with Gasteiger partial charge >= 0.3 is 0 Å². The van der Waals surface area contributed by atoms with Crippen LogP contribution in [0.25, 0.3) is 0 Å². The molecular weight excluding hydrogens is 270 g/mol. The Morgan fingerprint density at radius 2 is 1.90 bits per heavy atom. The number of hydrogen-bond acceptors (Lipinski definition) is 4. The molecule has 2 heterocycles. The molecule has 1 unspecified atom stereocenters. The molecule has 3 aliphatic rings. The van der Waals surface area contributed by atoms with Gasteiger partial charge in [0.1, 0.15) is 5.41 Å². The van der Waals surface area contributed by atoms with Crippen LogP contribution in [0.1, 0.15) is 25.7 Å². The van der Waals surface area contributed by atoms with E-state index in [0.29, 0.717) is 18.9 Å². The number of carbonyl (C=O) groups is 2. The summed E-state index contributed by atoms with van der Waals surface area (Å²) in [4.78, 5) is 29.2. The first-order valence-corrected chi connectivity index (χ1v) is 8.01. The summed E-state index contributed by atoms with van der Waals surface area (Å²) in [5.74, 6) is -0.0579. The molecular formula is C15H25N3O3. The quantitative estimate of drug-likeness (QED) is 0.735. The van der Waals surface area contributed by atoms with Crippen LogP contribution in [0.5, 0.6) is 0 Å². The summed E-state index contributed by atoms with van der Waals surface area (Å²) in [5.41, 5.74) is -0.769. The van der Waals surface area contributed by atoms with Gasteiger partial charge in [0.05, 0.1) is 13.2 Å². The molecule has 6 nitrogen and oxygen atoms in total. The second kappa shape index (κ2) is 5.93. The van der Waals surface area contributed by atoms with Gasteiger partial charge in [0.25, 0.3) is 0 Å². The van der Waals surface area contributed by atoms with Gasteiger partial charge in [-0.05, 0) is 19.3 Å². The van der Waals surface area contributed by atoms with Gasteiger partial charge in [-0.1, -0.05) is 6.42 Å². The Labute approximate surface area is 125 Å². The Balaban J connectivity index is 1.62. The molecule has 118 valence electrons. The van der Waals surface area contributed by atoms with Crippen LogP contribution in [0.4, 0.5) is 0 Å². The Kier molecular flexibility index (Phi) is 4.17. The highest BCUT2D eigenvalue weighted by molar-refractivity contribution is 6.05. The van der Waals surface area contributed by atoms with Crippen molar-refractivity contribution in [2.24, 2.45) is 5.41 Å². The topological polar surface area (TPSA) is 61.9 Å². The highest BCUT2D eigenvalue weighted by atomic mass is 16.5. The maximum atomic E-state index is 12.8. The highest BCUT2D eigenvalue weighted by Crippen LogP contribution is 2.43. The van der Waals surface area contributed by atoms with Crippen LogP contribution in [-0.2, 0) is 14.3 Å². The van der Waals surface area contributed by atoms with E-state index in [4.69, 9.17) is 4.74 Å². The average molecular weight is 295 g/mol. The van der Waals surface area contributed by atoms with Gasteiger partial charge in [-0.3, -0.25) is 14.5 Å². The zero-order valence-corrected chi connectivity index (χ0v) is 12.8. The van der Waals surface area contributed by atoms with E-state index >= 15 is 0 Å². The summed E-state index contributed by atoms with van der Waals surface area (Å²) in [7, 11) is 1.62. The van der Waals surface area contributed by atoms with Crippen LogP contribution in [0, 0.1) is 5.41 Å². The lowest BCUT2D eigenvalue weighted by atomic mass is 9.67. The molecule has 0 aromatic rings. The molecule has 21 heavy (non-hydrogen) atoms. The van der Waals surface area contributed by atoms with Crippen molar-refractivity contribution in [1.29, 1.82) is 0 Å². The van der Waals surface area contributed by atoms with Crippen molar-refractivity contribution in [1.82, 2.24) is 15.1 Å². The lowest BCUT2D eigenvalue weighted by Gasteiger charge is -2.41. The van der Waals surface area contributed by atoms with E-state index in [-0.39, 0.29) is 11.8 Å². The Bertz CT molecular complexity index is 416. The first-order valence-electron chi connectivity index (χ1n) is 8.01. The molecule has 0 radical (unpaired) electrons. The third kappa shape index (κ3) is 2.55. The fraction of sp³-hybridized carbons (Fsp3) is 0.867. The van der Waals surface area contributed by atoms with E-state index in [1.54, 1.807) is 7.05 Å². The number of amides is 2. The minimum Gasteiger partial charge on any atom is -0.379 e. The van der Waals surface area contributed by atoms with Gasteiger partial charge in [-0.2, -0.15) is 0 Å². The summed E-state index contributed by atoms with van der Waals surface area (Å²) in [6, 6.07) is 0.430. The summed E-state index contributed by atoms with van der Waals surface area (Å²) in [5, 5.41) is 2.67. The monoisotopic (exact) mass is 295 g/mol. The van der Waals surface area contributed by atoms with E-state index in [1.165, 1.54) is 0 Å². The van der Waals surface area contributed by atoms with Gasteiger partial charge in [-0.15, -0.1) is 0 Å².